The zero-order chi connectivity index (χ0) is 14.8. The van der Waals surface area contributed by atoms with Crippen molar-refractivity contribution in [2.24, 2.45) is 0 Å². The van der Waals surface area contributed by atoms with Crippen LogP contribution in [0, 0.1) is 0 Å². The number of ether oxygens (including phenoxy) is 1. The fourth-order valence-corrected chi connectivity index (χ4v) is 2.56. The number of piperidine rings is 1. The van der Waals surface area contributed by atoms with E-state index in [0.29, 0.717) is 24.9 Å². The van der Waals surface area contributed by atoms with Crippen molar-refractivity contribution in [3.05, 3.63) is 11.8 Å². The molecule has 0 radical (unpaired) electrons. The summed E-state index contributed by atoms with van der Waals surface area (Å²) in [4.78, 5) is 24.8. The average molecular weight is 293 g/mol. The van der Waals surface area contributed by atoms with Crippen molar-refractivity contribution in [2.45, 2.75) is 44.4 Å². The summed E-state index contributed by atoms with van der Waals surface area (Å²) in [6.45, 7) is 2.93. The number of esters is 1. The van der Waals surface area contributed by atoms with Gasteiger partial charge in [-0.3, -0.25) is 4.79 Å². The number of aromatic nitrogens is 2. The van der Waals surface area contributed by atoms with Crippen molar-refractivity contribution < 1.29 is 18.7 Å². The molecule has 1 saturated heterocycles. The number of carbonyl (C=O) groups excluding carboxylic acids is 2. The number of nitrogens with zero attached hydrogens (tertiary/aromatic N) is 3. The molecule has 0 N–H and O–H groups in total. The maximum Gasteiger partial charge on any atom is 0.397 e. The third-order valence-electron chi connectivity index (χ3n) is 3.96. The molecule has 2 heterocycles. The fraction of sp³-hybridized carbons (Fsp3) is 0.714. The van der Waals surface area contributed by atoms with Gasteiger partial charge in [0.05, 0.1) is 6.61 Å². The fourth-order valence-electron chi connectivity index (χ4n) is 2.56. The van der Waals surface area contributed by atoms with Gasteiger partial charge in [-0.15, -0.1) is 10.2 Å². The van der Waals surface area contributed by atoms with Crippen molar-refractivity contribution in [2.75, 3.05) is 19.7 Å². The molecule has 1 aromatic rings. The Balaban J connectivity index is 1.54. The van der Waals surface area contributed by atoms with Gasteiger partial charge in [0.2, 0.25) is 11.8 Å². The number of rotatable bonds is 3. The van der Waals surface area contributed by atoms with E-state index in [4.69, 9.17) is 9.15 Å². The first-order valence-corrected chi connectivity index (χ1v) is 7.48. The molecule has 2 aliphatic rings. The predicted molar refractivity (Wildman–Crippen MR) is 71.5 cm³/mol. The molecule has 0 bridgehead atoms. The van der Waals surface area contributed by atoms with Crippen molar-refractivity contribution in [1.82, 2.24) is 15.1 Å². The first kappa shape index (κ1) is 14.0. The Morgan fingerprint density at radius 2 is 1.71 bits per heavy atom. The minimum Gasteiger partial charge on any atom is -0.459 e. The highest BCUT2D eigenvalue weighted by molar-refractivity contribution is 6.32. The van der Waals surface area contributed by atoms with Crippen LogP contribution >= 0.6 is 0 Å². The van der Waals surface area contributed by atoms with Crippen LogP contribution in [0.5, 0.6) is 0 Å². The summed E-state index contributed by atoms with van der Waals surface area (Å²) in [6.07, 6.45) is 3.73. The highest BCUT2D eigenvalue weighted by Crippen LogP contribution is 2.40. The van der Waals surface area contributed by atoms with Gasteiger partial charge in [-0.2, -0.15) is 0 Å². The van der Waals surface area contributed by atoms with Gasteiger partial charge in [0.25, 0.3) is 0 Å². The van der Waals surface area contributed by atoms with Gasteiger partial charge in [-0.05, 0) is 32.6 Å². The Morgan fingerprint density at radius 3 is 2.24 bits per heavy atom. The first-order chi connectivity index (χ1) is 10.2. The van der Waals surface area contributed by atoms with E-state index in [2.05, 4.69) is 10.2 Å². The molecule has 1 saturated carbocycles. The van der Waals surface area contributed by atoms with Crippen molar-refractivity contribution in [3.63, 3.8) is 0 Å². The van der Waals surface area contributed by atoms with Crippen LogP contribution in [0.4, 0.5) is 0 Å². The van der Waals surface area contributed by atoms with E-state index in [1.807, 2.05) is 0 Å². The Bertz CT molecular complexity index is 530. The van der Waals surface area contributed by atoms with Crippen LogP contribution in [-0.4, -0.2) is 46.7 Å². The molecule has 3 rings (SSSR count). The summed E-state index contributed by atoms with van der Waals surface area (Å²) in [5.41, 5.74) is 0. The second-order valence-corrected chi connectivity index (χ2v) is 5.54. The van der Waals surface area contributed by atoms with Gasteiger partial charge in [-0.25, -0.2) is 4.79 Å². The van der Waals surface area contributed by atoms with Gasteiger partial charge in [0.15, 0.2) is 0 Å². The van der Waals surface area contributed by atoms with Crippen LogP contribution in [0.2, 0.25) is 0 Å². The second kappa shape index (κ2) is 5.83. The molecule has 7 nitrogen and oxygen atoms in total. The van der Waals surface area contributed by atoms with Crippen molar-refractivity contribution in [1.29, 1.82) is 0 Å². The number of likely N-dealkylation sites (tertiary alicyclic amines) is 1. The number of amides is 1. The molecule has 0 aromatic carbocycles. The first-order valence-electron chi connectivity index (χ1n) is 7.48. The van der Waals surface area contributed by atoms with Crippen LogP contribution < -0.4 is 0 Å². The smallest absolute Gasteiger partial charge is 0.397 e. The van der Waals surface area contributed by atoms with E-state index in [9.17, 15) is 9.59 Å². The molecule has 1 aliphatic carbocycles. The van der Waals surface area contributed by atoms with Crippen molar-refractivity contribution >= 4 is 11.9 Å². The largest absolute Gasteiger partial charge is 0.459 e. The molecule has 0 unspecified atom stereocenters. The van der Waals surface area contributed by atoms with Gasteiger partial charge in [0.1, 0.15) is 0 Å². The molecule has 0 spiro atoms. The third kappa shape index (κ3) is 3.06. The van der Waals surface area contributed by atoms with E-state index in [0.717, 1.165) is 31.6 Å². The van der Waals surface area contributed by atoms with E-state index < -0.39 is 11.9 Å². The SMILES string of the molecule is CCOC(=O)C(=O)N1CCC(c2nnc(C3CC3)o2)CC1. The van der Waals surface area contributed by atoms with E-state index in [-0.39, 0.29) is 12.5 Å². The zero-order valence-corrected chi connectivity index (χ0v) is 12.1. The Labute approximate surface area is 122 Å². The Kier molecular flexibility index (Phi) is 3.90. The minimum atomic E-state index is -0.773. The molecule has 2 fully saturated rings. The highest BCUT2D eigenvalue weighted by Gasteiger charge is 2.33. The molecule has 7 heteroatoms. The van der Waals surface area contributed by atoms with Gasteiger partial charge >= 0.3 is 11.9 Å². The van der Waals surface area contributed by atoms with E-state index >= 15 is 0 Å². The lowest BCUT2D eigenvalue weighted by Crippen LogP contribution is -2.42. The van der Waals surface area contributed by atoms with E-state index in [1.165, 1.54) is 4.90 Å². The summed E-state index contributed by atoms with van der Waals surface area (Å²) >= 11 is 0. The Morgan fingerprint density at radius 1 is 1.14 bits per heavy atom. The number of hydrogen-bond acceptors (Lipinski definition) is 6. The summed E-state index contributed by atoms with van der Waals surface area (Å²) in [5, 5.41) is 8.21. The summed E-state index contributed by atoms with van der Waals surface area (Å²) in [5.74, 6) is 0.715. The van der Waals surface area contributed by atoms with E-state index in [1.54, 1.807) is 6.92 Å². The highest BCUT2D eigenvalue weighted by atomic mass is 16.5. The lowest BCUT2D eigenvalue weighted by molar-refractivity contribution is -0.160. The molecule has 1 aliphatic heterocycles. The van der Waals surface area contributed by atoms with Gasteiger partial charge < -0.3 is 14.1 Å². The maximum absolute atomic E-state index is 11.8. The summed E-state index contributed by atoms with van der Waals surface area (Å²) < 4.78 is 10.4. The normalized spacial score (nSPS) is 19.6. The van der Waals surface area contributed by atoms with Gasteiger partial charge in [0, 0.05) is 24.9 Å². The Hall–Kier alpha value is -1.92. The number of carbonyl (C=O) groups is 2. The molecule has 0 atom stereocenters. The van der Waals surface area contributed by atoms with Crippen LogP contribution in [0.25, 0.3) is 0 Å². The van der Waals surface area contributed by atoms with Crippen LogP contribution in [0.15, 0.2) is 4.42 Å². The molecular formula is C14H19N3O4. The topological polar surface area (TPSA) is 85.5 Å². The molecule has 1 aromatic heterocycles. The predicted octanol–water partition coefficient (Wildman–Crippen LogP) is 1.22. The quantitative estimate of drug-likeness (QED) is 0.615. The number of hydrogen-bond donors (Lipinski definition) is 0. The zero-order valence-electron chi connectivity index (χ0n) is 12.1. The van der Waals surface area contributed by atoms with Crippen LogP contribution in [-0.2, 0) is 14.3 Å². The summed E-state index contributed by atoms with van der Waals surface area (Å²) in [7, 11) is 0. The molecule has 114 valence electrons. The lowest BCUT2D eigenvalue weighted by Gasteiger charge is -2.29. The monoisotopic (exact) mass is 293 g/mol. The average Bonchev–Trinajstić information content (AvgIpc) is 3.24. The minimum absolute atomic E-state index is 0.177. The van der Waals surface area contributed by atoms with Crippen LogP contribution in [0.3, 0.4) is 0 Å². The van der Waals surface area contributed by atoms with Crippen molar-refractivity contribution in [3.8, 4) is 0 Å². The lowest BCUT2D eigenvalue weighted by atomic mass is 9.97. The van der Waals surface area contributed by atoms with Crippen LogP contribution in [0.1, 0.15) is 56.2 Å². The van der Waals surface area contributed by atoms with Gasteiger partial charge in [-0.1, -0.05) is 0 Å². The molecule has 21 heavy (non-hydrogen) atoms. The maximum atomic E-state index is 11.8. The third-order valence-corrected chi connectivity index (χ3v) is 3.96. The second-order valence-electron chi connectivity index (χ2n) is 5.54. The summed E-state index contributed by atoms with van der Waals surface area (Å²) in [6, 6.07) is 0. The molecular weight excluding hydrogens is 274 g/mol. The standard InChI is InChI=1S/C14H19N3O4/c1-2-20-14(19)13(18)17-7-5-10(6-8-17)12-16-15-11(21-12)9-3-4-9/h9-10H,2-8H2,1H3. The molecule has 1 amide bonds.